The van der Waals surface area contributed by atoms with Gasteiger partial charge in [-0.15, -0.1) is 0 Å². The molecule has 6 nitrogen and oxygen atoms in total. The van der Waals surface area contributed by atoms with Gasteiger partial charge in [-0.3, -0.25) is 5.32 Å². The van der Waals surface area contributed by atoms with Crippen LogP contribution in [-0.4, -0.2) is 16.0 Å². The van der Waals surface area contributed by atoms with Gasteiger partial charge in [0.15, 0.2) is 0 Å². The van der Waals surface area contributed by atoms with E-state index in [-0.39, 0.29) is 0 Å². The predicted molar refractivity (Wildman–Crippen MR) is 126 cm³/mol. The molecule has 2 aromatic carbocycles. The number of amides is 2. The van der Waals surface area contributed by atoms with Gasteiger partial charge in [0, 0.05) is 33.8 Å². The first-order valence-electron chi connectivity index (χ1n) is 9.34. The Balaban J connectivity index is 1.48. The Morgan fingerprint density at radius 1 is 0.677 bits per heavy atom. The number of urea groups is 1. The summed E-state index contributed by atoms with van der Waals surface area (Å²) < 4.78 is 0. The first-order chi connectivity index (χ1) is 15.0. The Bertz CT molecular complexity index is 1200. The molecule has 8 heteroatoms. The molecule has 2 heterocycles. The van der Waals surface area contributed by atoms with Crippen LogP contribution in [0.15, 0.2) is 85.2 Å². The van der Waals surface area contributed by atoms with E-state index < -0.39 is 6.03 Å². The second-order valence-corrected chi connectivity index (χ2v) is 7.46. The highest BCUT2D eigenvalue weighted by Gasteiger charge is 2.08. The number of para-hydroxylation sites is 1. The Hall–Kier alpha value is -3.61. The molecular weight excluding hydrogens is 433 g/mol. The van der Waals surface area contributed by atoms with Gasteiger partial charge in [0.2, 0.25) is 0 Å². The van der Waals surface area contributed by atoms with Gasteiger partial charge in [0.25, 0.3) is 0 Å². The lowest BCUT2D eigenvalue weighted by atomic mass is 10.1. The van der Waals surface area contributed by atoms with Gasteiger partial charge in [-0.25, -0.2) is 14.8 Å². The fraction of sp³-hybridized carbons (Fsp3) is 0. The molecule has 31 heavy (non-hydrogen) atoms. The number of aromatic nitrogens is 2. The SMILES string of the molecule is O=C(Nc1cc(Cl)cc(Cl)c1)Nc1cc(-c2ccnc(Nc3ccccc3)c2)ccn1. The molecule has 0 saturated carbocycles. The summed E-state index contributed by atoms with van der Waals surface area (Å²) in [5, 5.41) is 9.54. The summed E-state index contributed by atoms with van der Waals surface area (Å²) in [4.78, 5) is 20.9. The summed E-state index contributed by atoms with van der Waals surface area (Å²) in [6.07, 6.45) is 3.36. The van der Waals surface area contributed by atoms with Gasteiger partial charge in [0.1, 0.15) is 11.6 Å². The summed E-state index contributed by atoms with van der Waals surface area (Å²) in [6.45, 7) is 0. The number of hydrogen-bond donors (Lipinski definition) is 3. The Morgan fingerprint density at radius 2 is 1.29 bits per heavy atom. The Morgan fingerprint density at radius 3 is 1.97 bits per heavy atom. The molecule has 2 amide bonds. The number of nitrogens with zero attached hydrogens (tertiary/aromatic N) is 2. The first-order valence-corrected chi connectivity index (χ1v) is 10.1. The topological polar surface area (TPSA) is 78.9 Å². The molecule has 0 aliphatic rings. The van der Waals surface area contributed by atoms with Crippen LogP contribution in [0.2, 0.25) is 10.0 Å². The van der Waals surface area contributed by atoms with E-state index in [1.165, 1.54) is 0 Å². The molecular formula is C23H17Cl2N5O. The lowest BCUT2D eigenvalue weighted by Gasteiger charge is -2.10. The maximum atomic E-state index is 12.3. The van der Waals surface area contributed by atoms with Crippen molar-refractivity contribution in [3.8, 4) is 11.1 Å². The summed E-state index contributed by atoms with van der Waals surface area (Å²) >= 11 is 11.9. The monoisotopic (exact) mass is 449 g/mol. The summed E-state index contributed by atoms with van der Waals surface area (Å²) in [7, 11) is 0. The first kappa shape index (κ1) is 20.7. The van der Waals surface area contributed by atoms with Crippen LogP contribution in [0.25, 0.3) is 11.1 Å². The molecule has 0 bridgehead atoms. The average Bonchev–Trinajstić information content (AvgIpc) is 2.74. The van der Waals surface area contributed by atoms with Crippen LogP contribution in [-0.2, 0) is 0 Å². The fourth-order valence-corrected chi connectivity index (χ4v) is 3.46. The quantitative estimate of drug-likeness (QED) is 0.311. The third kappa shape index (κ3) is 5.72. The lowest BCUT2D eigenvalue weighted by molar-refractivity contribution is 0.262. The third-order valence-electron chi connectivity index (χ3n) is 4.26. The van der Waals surface area contributed by atoms with Crippen LogP contribution in [0.3, 0.4) is 0 Å². The minimum Gasteiger partial charge on any atom is -0.340 e. The van der Waals surface area contributed by atoms with Crippen molar-refractivity contribution in [1.29, 1.82) is 0 Å². The van der Waals surface area contributed by atoms with Crippen molar-refractivity contribution in [2.75, 3.05) is 16.0 Å². The number of halogens is 2. The smallest absolute Gasteiger partial charge is 0.324 e. The van der Waals surface area contributed by atoms with Crippen molar-refractivity contribution in [3.05, 3.63) is 95.2 Å². The maximum absolute atomic E-state index is 12.3. The molecule has 0 saturated heterocycles. The zero-order chi connectivity index (χ0) is 21.6. The molecule has 0 aliphatic heterocycles. The van der Waals surface area contributed by atoms with Crippen molar-refractivity contribution in [1.82, 2.24) is 9.97 Å². The second kappa shape index (κ2) is 9.47. The lowest BCUT2D eigenvalue weighted by Crippen LogP contribution is -2.20. The van der Waals surface area contributed by atoms with Gasteiger partial charge in [-0.05, 0) is 65.7 Å². The predicted octanol–water partition coefficient (Wildman–Crippen LogP) is 6.84. The standard InChI is InChI=1S/C23H17Cl2N5O/c24-17-12-18(25)14-20(13-17)29-23(31)30-22-11-16(7-9-27-22)15-6-8-26-21(10-15)28-19-4-2-1-3-5-19/h1-14H,(H,26,28)(H2,27,29,30,31). The normalized spacial score (nSPS) is 10.4. The van der Waals surface area contributed by atoms with Crippen molar-refractivity contribution in [2.24, 2.45) is 0 Å². The second-order valence-electron chi connectivity index (χ2n) is 6.59. The molecule has 4 aromatic rings. The zero-order valence-electron chi connectivity index (χ0n) is 16.1. The number of nitrogens with one attached hydrogen (secondary N) is 3. The van der Waals surface area contributed by atoms with Gasteiger partial charge in [-0.1, -0.05) is 41.4 Å². The van der Waals surface area contributed by atoms with Gasteiger partial charge < -0.3 is 10.6 Å². The molecule has 154 valence electrons. The number of benzene rings is 2. The summed E-state index contributed by atoms with van der Waals surface area (Å²) in [6, 6.07) is 21.6. The highest BCUT2D eigenvalue weighted by atomic mass is 35.5. The largest absolute Gasteiger partial charge is 0.340 e. The van der Waals surface area contributed by atoms with Crippen LogP contribution in [0.1, 0.15) is 0 Å². The maximum Gasteiger partial charge on any atom is 0.324 e. The van der Waals surface area contributed by atoms with E-state index in [1.54, 1.807) is 36.7 Å². The molecule has 0 unspecified atom stereocenters. The molecule has 4 rings (SSSR count). The number of rotatable bonds is 5. The minimum absolute atomic E-state index is 0.400. The van der Waals surface area contributed by atoms with Crippen LogP contribution in [0, 0.1) is 0 Å². The number of pyridine rings is 2. The molecule has 3 N–H and O–H groups in total. The van der Waals surface area contributed by atoms with E-state index in [1.807, 2.05) is 48.5 Å². The molecule has 0 atom stereocenters. The van der Waals surface area contributed by atoms with Gasteiger partial charge in [-0.2, -0.15) is 0 Å². The van der Waals surface area contributed by atoms with Crippen molar-refractivity contribution >= 4 is 52.2 Å². The van der Waals surface area contributed by atoms with Gasteiger partial charge >= 0.3 is 6.03 Å². The zero-order valence-corrected chi connectivity index (χ0v) is 17.7. The van der Waals surface area contributed by atoms with Crippen LogP contribution < -0.4 is 16.0 Å². The number of carbonyl (C=O) groups excluding carboxylic acids is 1. The van der Waals surface area contributed by atoms with Crippen molar-refractivity contribution in [3.63, 3.8) is 0 Å². The summed E-state index contributed by atoms with van der Waals surface area (Å²) in [5.74, 6) is 1.11. The molecule has 0 aliphatic carbocycles. The van der Waals surface area contributed by atoms with Crippen molar-refractivity contribution in [2.45, 2.75) is 0 Å². The number of anilines is 4. The summed E-state index contributed by atoms with van der Waals surface area (Å²) in [5.41, 5.74) is 3.24. The molecule has 2 aromatic heterocycles. The molecule has 0 fully saturated rings. The average molecular weight is 450 g/mol. The molecule has 0 radical (unpaired) electrons. The number of hydrogen-bond acceptors (Lipinski definition) is 4. The van der Waals surface area contributed by atoms with E-state index in [2.05, 4.69) is 25.9 Å². The van der Waals surface area contributed by atoms with Crippen molar-refractivity contribution < 1.29 is 4.79 Å². The van der Waals surface area contributed by atoms with Crippen LogP contribution in [0.4, 0.5) is 27.8 Å². The van der Waals surface area contributed by atoms with Gasteiger partial charge in [0.05, 0.1) is 0 Å². The number of carbonyl (C=O) groups is 1. The minimum atomic E-state index is -0.454. The third-order valence-corrected chi connectivity index (χ3v) is 4.70. The highest BCUT2D eigenvalue weighted by molar-refractivity contribution is 6.35. The Kier molecular flexibility index (Phi) is 6.31. The van der Waals surface area contributed by atoms with Crippen LogP contribution in [0.5, 0.6) is 0 Å². The molecule has 0 spiro atoms. The fourth-order valence-electron chi connectivity index (χ4n) is 2.93. The van der Waals surface area contributed by atoms with E-state index in [0.29, 0.717) is 27.4 Å². The van der Waals surface area contributed by atoms with E-state index in [9.17, 15) is 4.79 Å². The highest BCUT2D eigenvalue weighted by Crippen LogP contribution is 2.25. The van der Waals surface area contributed by atoms with E-state index in [0.717, 1.165) is 16.8 Å². The van der Waals surface area contributed by atoms with Crippen LogP contribution >= 0.6 is 23.2 Å². The van der Waals surface area contributed by atoms with E-state index in [4.69, 9.17) is 23.2 Å². The Labute approximate surface area is 189 Å². The van der Waals surface area contributed by atoms with E-state index >= 15 is 0 Å².